The maximum atomic E-state index is 9.94. The molecular formula is C14H10O5. The molecule has 0 spiro atoms. The molecule has 3 rings (SSSR count). The van der Waals surface area contributed by atoms with Crippen LogP contribution in [0.15, 0.2) is 30.3 Å². The number of aliphatic hydroxyl groups is 1. The summed E-state index contributed by atoms with van der Waals surface area (Å²) in [6, 6.07) is 6.66. The number of hydrogen-bond donors (Lipinski definition) is 5. The Morgan fingerprint density at radius 2 is 1.42 bits per heavy atom. The maximum absolute atomic E-state index is 9.94. The molecule has 0 bridgehead atoms. The Balaban J connectivity index is 2.30. The van der Waals surface area contributed by atoms with Crippen molar-refractivity contribution in [3.8, 4) is 23.0 Å². The van der Waals surface area contributed by atoms with E-state index in [1.54, 1.807) is 0 Å². The van der Waals surface area contributed by atoms with Gasteiger partial charge in [0.25, 0.3) is 0 Å². The predicted octanol–water partition coefficient (Wildman–Crippen LogP) is 0.388. The van der Waals surface area contributed by atoms with Gasteiger partial charge in [-0.25, -0.2) is 0 Å². The van der Waals surface area contributed by atoms with Gasteiger partial charge < -0.3 is 25.5 Å². The van der Waals surface area contributed by atoms with E-state index in [1.165, 1.54) is 24.3 Å². The minimum absolute atomic E-state index is 0.113. The Labute approximate surface area is 107 Å². The molecule has 96 valence electrons. The summed E-state index contributed by atoms with van der Waals surface area (Å²) < 4.78 is 0. The summed E-state index contributed by atoms with van der Waals surface area (Å²) in [7, 11) is 0. The van der Waals surface area contributed by atoms with Gasteiger partial charge in [0, 0.05) is 16.9 Å². The van der Waals surface area contributed by atoms with Crippen LogP contribution in [-0.4, -0.2) is 25.5 Å². The number of phenols is 4. The smallest absolute Gasteiger partial charge is 0.158 e. The van der Waals surface area contributed by atoms with Gasteiger partial charge >= 0.3 is 0 Å². The first-order valence-corrected chi connectivity index (χ1v) is 5.51. The summed E-state index contributed by atoms with van der Waals surface area (Å²) in [6.45, 7) is 0. The van der Waals surface area contributed by atoms with E-state index in [4.69, 9.17) is 0 Å². The number of hydrogen-bond acceptors (Lipinski definition) is 5. The highest BCUT2D eigenvalue weighted by Crippen LogP contribution is 2.31. The highest BCUT2D eigenvalue weighted by Gasteiger charge is 2.22. The zero-order valence-corrected chi connectivity index (χ0v) is 9.62. The lowest BCUT2D eigenvalue weighted by Crippen LogP contribution is -2.39. The van der Waals surface area contributed by atoms with Crippen molar-refractivity contribution in [2.45, 2.75) is 0 Å². The molecule has 0 atom stereocenters. The fraction of sp³-hybridized carbons (Fsp3) is 0. The average Bonchev–Trinajstić information content (AvgIpc) is 2.32. The van der Waals surface area contributed by atoms with Gasteiger partial charge in [-0.2, -0.15) is 0 Å². The average molecular weight is 258 g/mol. The van der Waals surface area contributed by atoms with E-state index in [1.807, 2.05) is 0 Å². The van der Waals surface area contributed by atoms with E-state index in [9.17, 15) is 25.5 Å². The van der Waals surface area contributed by atoms with Gasteiger partial charge in [-0.05, 0) is 23.8 Å². The molecule has 5 heteroatoms. The van der Waals surface area contributed by atoms with E-state index in [0.29, 0.717) is 16.4 Å². The molecule has 5 N–H and O–H groups in total. The van der Waals surface area contributed by atoms with Gasteiger partial charge in [0.15, 0.2) is 11.5 Å². The standard InChI is InChI=1S/C14H10O5/c15-7-4-8-12(14(19)13(8)11(18)5-7)6-1-2-9(16)10(17)3-6/h1-5,15-19H. The Bertz CT molecular complexity index is 820. The molecule has 0 saturated carbocycles. The molecule has 19 heavy (non-hydrogen) atoms. The fourth-order valence-corrected chi connectivity index (χ4v) is 2.22. The third-order valence-corrected chi connectivity index (χ3v) is 3.11. The van der Waals surface area contributed by atoms with Crippen LogP contribution >= 0.6 is 0 Å². The predicted molar refractivity (Wildman–Crippen MR) is 67.3 cm³/mol. The molecule has 0 saturated heterocycles. The van der Waals surface area contributed by atoms with E-state index in [-0.39, 0.29) is 34.0 Å². The summed E-state index contributed by atoms with van der Waals surface area (Å²) in [6.07, 6.45) is 0. The second kappa shape index (κ2) is 3.58. The molecule has 0 unspecified atom stereocenters. The monoisotopic (exact) mass is 258 g/mol. The van der Waals surface area contributed by atoms with Crippen molar-refractivity contribution in [3.63, 3.8) is 0 Å². The van der Waals surface area contributed by atoms with Crippen molar-refractivity contribution in [1.29, 1.82) is 0 Å². The topological polar surface area (TPSA) is 101 Å². The first kappa shape index (κ1) is 11.3. The molecule has 1 aliphatic rings. The molecule has 0 amide bonds. The van der Waals surface area contributed by atoms with Crippen molar-refractivity contribution in [1.82, 2.24) is 0 Å². The lowest BCUT2D eigenvalue weighted by Gasteiger charge is -2.17. The molecule has 0 heterocycles. The maximum Gasteiger partial charge on any atom is 0.158 e. The molecule has 0 aliphatic heterocycles. The van der Waals surface area contributed by atoms with Crippen molar-refractivity contribution in [3.05, 3.63) is 46.3 Å². The van der Waals surface area contributed by atoms with Crippen LogP contribution in [0.4, 0.5) is 0 Å². The summed E-state index contributed by atoms with van der Waals surface area (Å²) in [5.74, 6) is -1.01. The molecule has 0 radical (unpaired) electrons. The first-order chi connectivity index (χ1) is 8.99. The minimum atomic E-state index is -0.310. The molecule has 0 aromatic heterocycles. The van der Waals surface area contributed by atoms with E-state index in [2.05, 4.69) is 0 Å². The molecule has 2 aromatic rings. The van der Waals surface area contributed by atoms with Crippen molar-refractivity contribution in [2.24, 2.45) is 0 Å². The second-order valence-electron chi connectivity index (χ2n) is 4.31. The third kappa shape index (κ3) is 1.48. The van der Waals surface area contributed by atoms with Crippen LogP contribution in [-0.2, 0) is 0 Å². The van der Waals surface area contributed by atoms with Crippen LogP contribution in [0, 0.1) is 0 Å². The van der Waals surface area contributed by atoms with Gasteiger partial charge in [0.2, 0.25) is 0 Å². The number of benzene rings is 2. The number of fused-ring (bicyclic) bond motifs is 1. The lowest BCUT2D eigenvalue weighted by molar-refractivity contribution is 0.403. The normalized spacial score (nSPS) is 13.1. The SMILES string of the molecule is OC1=c2c(O)cc(O)cc2=C1c1ccc(O)c(O)c1. The van der Waals surface area contributed by atoms with Crippen LogP contribution in [0.3, 0.4) is 0 Å². The number of phenolic OH excluding ortho intramolecular Hbond substituents is 4. The van der Waals surface area contributed by atoms with Gasteiger partial charge in [-0.3, -0.25) is 0 Å². The summed E-state index contributed by atoms with van der Waals surface area (Å²) in [5, 5.41) is 48.5. The largest absolute Gasteiger partial charge is 0.508 e. The zero-order chi connectivity index (χ0) is 13.7. The lowest BCUT2D eigenvalue weighted by atomic mass is 9.90. The summed E-state index contributed by atoms with van der Waals surface area (Å²) in [4.78, 5) is 0. The second-order valence-corrected chi connectivity index (χ2v) is 4.31. The number of rotatable bonds is 1. The van der Waals surface area contributed by atoms with Crippen LogP contribution < -0.4 is 10.4 Å². The Kier molecular flexibility index (Phi) is 2.13. The summed E-state index contributed by atoms with van der Waals surface area (Å²) >= 11 is 0. The Morgan fingerprint density at radius 1 is 0.684 bits per heavy atom. The molecular weight excluding hydrogens is 248 g/mol. The number of aromatic hydroxyl groups is 4. The Hall–Kier alpha value is -2.82. The molecule has 5 nitrogen and oxygen atoms in total. The number of aliphatic hydroxyl groups excluding tert-OH is 1. The van der Waals surface area contributed by atoms with Crippen molar-refractivity contribution in [2.75, 3.05) is 0 Å². The van der Waals surface area contributed by atoms with Crippen molar-refractivity contribution >= 4 is 11.3 Å². The van der Waals surface area contributed by atoms with Crippen LogP contribution in [0.25, 0.3) is 11.3 Å². The fourth-order valence-electron chi connectivity index (χ4n) is 2.22. The first-order valence-electron chi connectivity index (χ1n) is 5.51. The van der Waals surface area contributed by atoms with E-state index in [0.717, 1.165) is 6.07 Å². The van der Waals surface area contributed by atoms with Crippen LogP contribution in [0.1, 0.15) is 5.56 Å². The van der Waals surface area contributed by atoms with Crippen molar-refractivity contribution < 1.29 is 25.5 Å². The molecule has 2 aromatic carbocycles. The zero-order valence-electron chi connectivity index (χ0n) is 9.62. The van der Waals surface area contributed by atoms with Crippen LogP contribution in [0.5, 0.6) is 23.0 Å². The van der Waals surface area contributed by atoms with E-state index < -0.39 is 0 Å². The highest BCUT2D eigenvalue weighted by molar-refractivity contribution is 5.99. The van der Waals surface area contributed by atoms with Gasteiger partial charge in [-0.1, -0.05) is 6.07 Å². The quantitative estimate of drug-likeness (QED) is 0.476. The molecule has 1 aliphatic carbocycles. The van der Waals surface area contributed by atoms with Gasteiger partial charge in [0.05, 0.1) is 5.22 Å². The minimum Gasteiger partial charge on any atom is -0.508 e. The van der Waals surface area contributed by atoms with Crippen LogP contribution in [0.2, 0.25) is 0 Å². The van der Waals surface area contributed by atoms with E-state index >= 15 is 0 Å². The molecule has 0 fully saturated rings. The Morgan fingerprint density at radius 3 is 2.11 bits per heavy atom. The van der Waals surface area contributed by atoms with Gasteiger partial charge in [-0.15, -0.1) is 0 Å². The third-order valence-electron chi connectivity index (χ3n) is 3.11. The highest BCUT2D eigenvalue weighted by atomic mass is 16.3. The summed E-state index contributed by atoms with van der Waals surface area (Å²) in [5.41, 5.74) is 0.877. The van der Waals surface area contributed by atoms with Gasteiger partial charge in [0.1, 0.15) is 17.3 Å².